The highest BCUT2D eigenvalue weighted by molar-refractivity contribution is 5.92. The summed E-state index contributed by atoms with van der Waals surface area (Å²) in [5, 5.41) is 8.29. The first kappa shape index (κ1) is 14.8. The molecule has 0 aromatic rings. The molecule has 112 valence electrons. The summed E-state index contributed by atoms with van der Waals surface area (Å²) >= 11 is 0. The van der Waals surface area contributed by atoms with Crippen molar-refractivity contribution in [2.75, 3.05) is 26.2 Å². The molecule has 6 nitrogen and oxygen atoms in total. The fourth-order valence-corrected chi connectivity index (χ4v) is 2.79. The lowest BCUT2D eigenvalue weighted by Crippen LogP contribution is -2.34. The van der Waals surface area contributed by atoms with Crippen molar-refractivity contribution in [1.82, 2.24) is 9.80 Å². The molecule has 6 heteroatoms. The molecule has 2 saturated heterocycles. The zero-order chi connectivity index (χ0) is 14.4. The number of nitrogens with zero attached hydrogens (tertiary/aromatic N) is 3. The summed E-state index contributed by atoms with van der Waals surface area (Å²) in [5.41, 5.74) is 0. The average molecular weight is 281 g/mol. The fourth-order valence-electron chi connectivity index (χ4n) is 2.79. The normalized spacial score (nSPS) is 22.4. The zero-order valence-electron chi connectivity index (χ0n) is 11.9. The number of aliphatic imine (C=N–C) groups is 1. The smallest absolute Gasteiger partial charge is 0.414 e. The molecule has 0 aliphatic carbocycles. The molecule has 1 N–H and O–H groups in total. The molecule has 20 heavy (non-hydrogen) atoms. The number of amides is 2. The molecule has 0 bridgehead atoms. The highest BCUT2D eigenvalue weighted by Gasteiger charge is 2.25. The van der Waals surface area contributed by atoms with Crippen LogP contribution in [0.4, 0.5) is 4.79 Å². The fraction of sp³-hybridized carbons (Fsp3) is 0.786. The predicted molar refractivity (Wildman–Crippen MR) is 75.9 cm³/mol. The quantitative estimate of drug-likeness (QED) is 0.736. The molecule has 2 amide bonds. The molecule has 0 radical (unpaired) electrons. The zero-order valence-corrected chi connectivity index (χ0v) is 11.9. The minimum Gasteiger partial charge on any atom is -0.465 e. The van der Waals surface area contributed by atoms with Crippen molar-refractivity contribution in [3.63, 3.8) is 0 Å². The van der Waals surface area contributed by atoms with Crippen LogP contribution in [-0.4, -0.2) is 58.9 Å². The third-order valence-corrected chi connectivity index (χ3v) is 3.88. The number of carboxylic acid groups (broad SMARTS) is 1. The Kier molecular flexibility index (Phi) is 5.38. The molecule has 3 heterocycles. The van der Waals surface area contributed by atoms with E-state index in [2.05, 4.69) is 9.89 Å². The number of likely N-dealkylation sites (tertiary alicyclic amines) is 1. The predicted octanol–water partition coefficient (Wildman–Crippen LogP) is 1.95. The second kappa shape index (κ2) is 7.26. The van der Waals surface area contributed by atoms with E-state index in [4.69, 9.17) is 5.11 Å². The number of carbonyl (C=O) groups excluding carboxylic acids is 1. The Bertz CT molecular complexity index is 395. The number of imide groups is 1. The molecule has 0 saturated carbocycles. The van der Waals surface area contributed by atoms with Crippen molar-refractivity contribution < 1.29 is 14.7 Å². The van der Waals surface area contributed by atoms with Gasteiger partial charge in [-0.2, -0.15) is 0 Å². The number of hydrogen-bond donors (Lipinski definition) is 1. The van der Waals surface area contributed by atoms with E-state index in [1.165, 1.54) is 51.0 Å². The highest BCUT2D eigenvalue weighted by Crippen LogP contribution is 2.15. The van der Waals surface area contributed by atoms with Crippen LogP contribution in [0.2, 0.25) is 0 Å². The van der Waals surface area contributed by atoms with Gasteiger partial charge < -0.3 is 10.0 Å². The van der Waals surface area contributed by atoms with Gasteiger partial charge in [0.05, 0.1) is 5.84 Å². The number of rotatable bonds is 0. The monoisotopic (exact) mass is 281 g/mol. The first-order valence-electron chi connectivity index (χ1n) is 7.50. The average Bonchev–Trinajstić information content (AvgIpc) is 2.74. The van der Waals surface area contributed by atoms with E-state index in [1.54, 1.807) is 0 Å². The third-order valence-electron chi connectivity index (χ3n) is 3.88. The SMILES string of the molecule is C1CCC2=NCCCN2CC1.O=C(O)N1CCCC1=O. The molecular formula is C14H23N3O3. The summed E-state index contributed by atoms with van der Waals surface area (Å²) < 4.78 is 0. The molecule has 3 aliphatic heterocycles. The van der Waals surface area contributed by atoms with Gasteiger partial charge in [-0.3, -0.25) is 9.79 Å². The van der Waals surface area contributed by atoms with Gasteiger partial charge in [-0.15, -0.1) is 0 Å². The topological polar surface area (TPSA) is 73.2 Å². The van der Waals surface area contributed by atoms with Crippen LogP contribution < -0.4 is 0 Å². The van der Waals surface area contributed by atoms with Crippen LogP contribution in [0.25, 0.3) is 0 Å². The minimum absolute atomic E-state index is 0.275. The highest BCUT2D eigenvalue weighted by atomic mass is 16.4. The number of hydrogen-bond acceptors (Lipinski definition) is 4. The largest absolute Gasteiger partial charge is 0.465 e. The summed E-state index contributed by atoms with van der Waals surface area (Å²) in [4.78, 5) is 28.6. The van der Waals surface area contributed by atoms with Gasteiger partial charge in [-0.25, -0.2) is 9.69 Å². The number of amidine groups is 1. The summed E-state index contributed by atoms with van der Waals surface area (Å²) in [6.45, 7) is 3.97. The van der Waals surface area contributed by atoms with Crippen molar-refractivity contribution in [1.29, 1.82) is 0 Å². The molecule has 0 aromatic heterocycles. The summed E-state index contributed by atoms with van der Waals surface area (Å²) in [7, 11) is 0. The first-order valence-corrected chi connectivity index (χ1v) is 7.50. The standard InChI is InChI=1S/C9H16N2.C5H7NO3/c1-2-5-9-10-6-4-8-11(9)7-3-1;7-4-2-1-3-6(4)5(8)9/h1-8H2;1-3H2,(H,8,9). The Hall–Kier alpha value is -1.59. The lowest BCUT2D eigenvalue weighted by molar-refractivity contribution is -0.125. The van der Waals surface area contributed by atoms with Crippen LogP contribution in [0.3, 0.4) is 0 Å². The van der Waals surface area contributed by atoms with E-state index in [0.717, 1.165) is 11.4 Å². The van der Waals surface area contributed by atoms with Crippen LogP contribution in [0.1, 0.15) is 44.9 Å². The second-order valence-electron chi connectivity index (χ2n) is 5.38. The molecule has 3 aliphatic rings. The van der Waals surface area contributed by atoms with Crippen LogP contribution in [0.15, 0.2) is 4.99 Å². The van der Waals surface area contributed by atoms with Crippen molar-refractivity contribution in [2.45, 2.75) is 44.9 Å². The van der Waals surface area contributed by atoms with E-state index >= 15 is 0 Å². The van der Waals surface area contributed by atoms with Gasteiger partial charge in [0.1, 0.15) is 0 Å². The maximum atomic E-state index is 10.6. The van der Waals surface area contributed by atoms with Crippen molar-refractivity contribution in [3.8, 4) is 0 Å². The van der Waals surface area contributed by atoms with Gasteiger partial charge in [0.25, 0.3) is 0 Å². The van der Waals surface area contributed by atoms with Crippen molar-refractivity contribution >= 4 is 17.8 Å². The van der Waals surface area contributed by atoms with Gasteiger partial charge in [0.15, 0.2) is 0 Å². The van der Waals surface area contributed by atoms with Gasteiger partial charge in [-0.05, 0) is 25.7 Å². The molecule has 0 atom stereocenters. The summed E-state index contributed by atoms with van der Waals surface area (Å²) in [6.07, 6.45) is 6.56. The molecule has 2 fully saturated rings. The van der Waals surface area contributed by atoms with E-state index < -0.39 is 6.09 Å². The Morgan fingerprint density at radius 1 is 1.00 bits per heavy atom. The van der Waals surface area contributed by atoms with Crippen molar-refractivity contribution in [2.24, 2.45) is 4.99 Å². The molecule has 0 aromatic carbocycles. The van der Waals surface area contributed by atoms with Gasteiger partial charge in [0.2, 0.25) is 5.91 Å². The molecule has 3 rings (SSSR count). The first-order chi connectivity index (χ1) is 9.68. The van der Waals surface area contributed by atoms with Crippen LogP contribution in [0.5, 0.6) is 0 Å². The number of carbonyl (C=O) groups is 2. The Labute approximate surface area is 119 Å². The van der Waals surface area contributed by atoms with E-state index in [1.807, 2.05) is 0 Å². The maximum Gasteiger partial charge on any atom is 0.414 e. The minimum atomic E-state index is -1.13. The van der Waals surface area contributed by atoms with Crippen LogP contribution in [-0.2, 0) is 4.79 Å². The lowest BCUT2D eigenvalue weighted by Gasteiger charge is -2.27. The van der Waals surface area contributed by atoms with Gasteiger partial charge in [-0.1, -0.05) is 6.42 Å². The summed E-state index contributed by atoms with van der Waals surface area (Å²) in [5.74, 6) is 1.12. The number of fused-ring (bicyclic) bond motifs is 1. The van der Waals surface area contributed by atoms with Crippen LogP contribution in [0, 0.1) is 0 Å². The van der Waals surface area contributed by atoms with Crippen molar-refractivity contribution in [3.05, 3.63) is 0 Å². The third kappa shape index (κ3) is 3.95. The Morgan fingerprint density at radius 3 is 2.45 bits per heavy atom. The maximum absolute atomic E-state index is 10.6. The van der Waals surface area contributed by atoms with E-state index in [-0.39, 0.29) is 5.91 Å². The molecule has 0 spiro atoms. The van der Waals surface area contributed by atoms with E-state index in [0.29, 0.717) is 19.4 Å². The second-order valence-corrected chi connectivity index (χ2v) is 5.38. The van der Waals surface area contributed by atoms with E-state index in [9.17, 15) is 9.59 Å². The Morgan fingerprint density at radius 2 is 1.80 bits per heavy atom. The van der Waals surface area contributed by atoms with Gasteiger partial charge >= 0.3 is 6.09 Å². The Balaban J connectivity index is 0.000000151. The van der Waals surface area contributed by atoms with Gasteiger partial charge in [0, 0.05) is 39.0 Å². The molecule has 0 unspecified atom stereocenters. The molecular weight excluding hydrogens is 258 g/mol. The van der Waals surface area contributed by atoms with Crippen LogP contribution >= 0.6 is 0 Å². The summed E-state index contributed by atoms with van der Waals surface area (Å²) in [6, 6.07) is 0. The lowest BCUT2D eigenvalue weighted by atomic mass is 10.2.